The summed E-state index contributed by atoms with van der Waals surface area (Å²) < 4.78 is 0. The topological polar surface area (TPSA) is 35.5 Å². The van der Waals surface area contributed by atoms with Gasteiger partial charge in [0.05, 0.1) is 12.1 Å². The largest absolute Gasteiger partial charge is 0.394 e. The van der Waals surface area contributed by atoms with Crippen molar-refractivity contribution in [3.05, 3.63) is 0 Å². The van der Waals surface area contributed by atoms with E-state index in [1.807, 2.05) is 0 Å². The van der Waals surface area contributed by atoms with Crippen molar-refractivity contribution < 1.29 is 5.11 Å². The lowest BCUT2D eigenvalue weighted by atomic mass is 9.82. The molecule has 0 aromatic carbocycles. The number of aliphatic hydroxyl groups excluding tert-OH is 1. The Morgan fingerprint density at radius 1 is 1.29 bits per heavy atom. The first kappa shape index (κ1) is 13.3. The highest BCUT2D eigenvalue weighted by Gasteiger charge is 2.35. The zero-order chi connectivity index (χ0) is 12.5. The van der Waals surface area contributed by atoms with E-state index in [-0.39, 0.29) is 12.1 Å². The SMILES string of the molecule is CC1(C)CCN(CC(C)(CO)NC2CC2)CC1. The van der Waals surface area contributed by atoms with Gasteiger partial charge in [-0.25, -0.2) is 0 Å². The van der Waals surface area contributed by atoms with Crippen molar-refractivity contribution in [2.45, 2.75) is 58.0 Å². The first-order chi connectivity index (χ1) is 7.92. The van der Waals surface area contributed by atoms with Crippen LogP contribution in [-0.2, 0) is 0 Å². The zero-order valence-electron chi connectivity index (χ0n) is 11.6. The minimum absolute atomic E-state index is 0.108. The van der Waals surface area contributed by atoms with Crippen molar-refractivity contribution in [2.24, 2.45) is 5.41 Å². The molecule has 2 fully saturated rings. The molecule has 0 amide bonds. The molecule has 1 aliphatic carbocycles. The van der Waals surface area contributed by atoms with Gasteiger partial charge in [-0.2, -0.15) is 0 Å². The number of likely N-dealkylation sites (tertiary alicyclic amines) is 1. The summed E-state index contributed by atoms with van der Waals surface area (Å²) in [6.07, 6.45) is 5.11. The molecule has 1 saturated heterocycles. The molecule has 0 radical (unpaired) electrons. The van der Waals surface area contributed by atoms with E-state index in [9.17, 15) is 5.11 Å². The molecule has 1 heterocycles. The fourth-order valence-corrected chi connectivity index (χ4v) is 2.67. The highest BCUT2D eigenvalue weighted by molar-refractivity contribution is 4.95. The summed E-state index contributed by atoms with van der Waals surface area (Å²) in [6.45, 7) is 10.4. The van der Waals surface area contributed by atoms with Crippen molar-refractivity contribution in [1.29, 1.82) is 0 Å². The summed E-state index contributed by atoms with van der Waals surface area (Å²) in [7, 11) is 0. The Labute approximate surface area is 106 Å². The predicted molar refractivity (Wildman–Crippen MR) is 71.1 cm³/mol. The molecular formula is C14H28N2O. The Balaban J connectivity index is 1.82. The molecule has 17 heavy (non-hydrogen) atoms. The van der Waals surface area contributed by atoms with E-state index in [1.54, 1.807) is 0 Å². The smallest absolute Gasteiger partial charge is 0.0623 e. The third-order valence-corrected chi connectivity index (χ3v) is 4.26. The van der Waals surface area contributed by atoms with Crippen LogP contribution in [0.15, 0.2) is 0 Å². The van der Waals surface area contributed by atoms with Crippen molar-refractivity contribution in [2.75, 3.05) is 26.2 Å². The monoisotopic (exact) mass is 240 g/mol. The fourth-order valence-electron chi connectivity index (χ4n) is 2.67. The third-order valence-electron chi connectivity index (χ3n) is 4.26. The van der Waals surface area contributed by atoms with Gasteiger partial charge < -0.3 is 15.3 Å². The van der Waals surface area contributed by atoms with Gasteiger partial charge in [-0.15, -0.1) is 0 Å². The summed E-state index contributed by atoms with van der Waals surface area (Å²) in [5, 5.41) is 13.2. The number of rotatable bonds is 5. The van der Waals surface area contributed by atoms with Gasteiger partial charge in [0.25, 0.3) is 0 Å². The molecule has 1 atom stereocenters. The number of aliphatic hydroxyl groups is 1. The van der Waals surface area contributed by atoms with Crippen molar-refractivity contribution in [1.82, 2.24) is 10.2 Å². The van der Waals surface area contributed by atoms with Crippen LogP contribution in [0.25, 0.3) is 0 Å². The van der Waals surface area contributed by atoms with E-state index < -0.39 is 0 Å². The zero-order valence-corrected chi connectivity index (χ0v) is 11.6. The fraction of sp³-hybridized carbons (Fsp3) is 1.00. The normalized spacial score (nSPS) is 28.9. The van der Waals surface area contributed by atoms with Crippen LogP contribution in [0, 0.1) is 5.41 Å². The van der Waals surface area contributed by atoms with Crippen molar-refractivity contribution in [3.63, 3.8) is 0 Å². The maximum Gasteiger partial charge on any atom is 0.0623 e. The predicted octanol–water partition coefficient (Wildman–Crippen LogP) is 1.61. The number of hydrogen-bond acceptors (Lipinski definition) is 3. The molecule has 2 N–H and O–H groups in total. The van der Waals surface area contributed by atoms with Crippen LogP contribution in [0.2, 0.25) is 0 Å². The maximum absolute atomic E-state index is 9.61. The van der Waals surface area contributed by atoms with Gasteiger partial charge in [-0.3, -0.25) is 0 Å². The summed E-state index contributed by atoms with van der Waals surface area (Å²) in [5.41, 5.74) is 0.401. The van der Waals surface area contributed by atoms with Gasteiger partial charge in [-0.05, 0) is 51.1 Å². The van der Waals surface area contributed by atoms with E-state index in [1.165, 1.54) is 38.8 Å². The Kier molecular flexibility index (Phi) is 3.81. The average molecular weight is 240 g/mol. The Bertz CT molecular complexity index is 253. The molecule has 2 aliphatic rings. The van der Waals surface area contributed by atoms with E-state index in [2.05, 4.69) is 31.0 Å². The Hall–Kier alpha value is -0.120. The van der Waals surface area contributed by atoms with Crippen LogP contribution in [-0.4, -0.2) is 47.8 Å². The lowest BCUT2D eigenvalue weighted by Gasteiger charge is -2.41. The highest BCUT2D eigenvalue weighted by atomic mass is 16.3. The molecule has 3 nitrogen and oxygen atoms in total. The molecule has 0 bridgehead atoms. The first-order valence-electron chi connectivity index (χ1n) is 7.03. The van der Waals surface area contributed by atoms with Crippen molar-refractivity contribution >= 4 is 0 Å². The van der Waals surface area contributed by atoms with Crippen LogP contribution >= 0.6 is 0 Å². The highest BCUT2D eigenvalue weighted by Crippen LogP contribution is 2.30. The van der Waals surface area contributed by atoms with E-state index in [0.29, 0.717) is 11.5 Å². The van der Waals surface area contributed by atoms with Crippen LogP contribution in [0.5, 0.6) is 0 Å². The van der Waals surface area contributed by atoms with Gasteiger partial charge in [-0.1, -0.05) is 13.8 Å². The molecule has 0 aromatic rings. The van der Waals surface area contributed by atoms with Gasteiger partial charge in [0.1, 0.15) is 0 Å². The number of piperidine rings is 1. The molecule has 2 rings (SSSR count). The molecule has 1 aliphatic heterocycles. The van der Waals surface area contributed by atoms with Gasteiger partial charge in [0.2, 0.25) is 0 Å². The second-order valence-electron chi connectivity index (χ2n) is 7.08. The first-order valence-corrected chi connectivity index (χ1v) is 7.03. The Morgan fingerprint density at radius 3 is 2.35 bits per heavy atom. The lowest BCUT2D eigenvalue weighted by Crippen LogP contribution is -2.56. The minimum Gasteiger partial charge on any atom is -0.394 e. The van der Waals surface area contributed by atoms with Crippen LogP contribution < -0.4 is 5.32 Å². The van der Waals surface area contributed by atoms with Gasteiger partial charge in [0, 0.05) is 12.6 Å². The third kappa shape index (κ3) is 3.94. The quantitative estimate of drug-likeness (QED) is 0.766. The van der Waals surface area contributed by atoms with Crippen LogP contribution in [0.3, 0.4) is 0 Å². The molecular weight excluding hydrogens is 212 g/mol. The number of hydrogen-bond donors (Lipinski definition) is 2. The molecule has 3 heteroatoms. The summed E-state index contributed by atoms with van der Waals surface area (Å²) in [5.74, 6) is 0. The molecule has 0 spiro atoms. The van der Waals surface area contributed by atoms with E-state index in [0.717, 1.165) is 6.54 Å². The maximum atomic E-state index is 9.61. The number of nitrogens with zero attached hydrogens (tertiary/aromatic N) is 1. The van der Waals surface area contributed by atoms with Crippen molar-refractivity contribution in [3.8, 4) is 0 Å². The molecule has 1 unspecified atom stereocenters. The second-order valence-corrected chi connectivity index (χ2v) is 7.08. The second kappa shape index (κ2) is 4.87. The van der Waals surface area contributed by atoms with Crippen LogP contribution in [0.1, 0.15) is 46.5 Å². The van der Waals surface area contributed by atoms with E-state index in [4.69, 9.17) is 0 Å². The number of nitrogens with one attached hydrogen (secondary N) is 1. The molecule has 1 saturated carbocycles. The standard InChI is InChI=1S/C14H28N2O/c1-13(2)6-8-16(9-7-13)10-14(3,11-17)15-12-4-5-12/h12,15,17H,4-11H2,1-3H3. The van der Waals surface area contributed by atoms with Crippen LogP contribution in [0.4, 0.5) is 0 Å². The summed E-state index contributed by atoms with van der Waals surface area (Å²) >= 11 is 0. The van der Waals surface area contributed by atoms with Gasteiger partial charge >= 0.3 is 0 Å². The Morgan fingerprint density at radius 2 is 1.88 bits per heavy atom. The lowest BCUT2D eigenvalue weighted by molar-refractivity contribution is 0.0757. The van der Waals surface area contributed by atoms with Gasteiger partial charge in [0.15, 0.2) is 0 Å². The average Bonchev–Trinajstić information content (AvgIpc) is 3.05. The summed E-state index contributed by atoms with van der Waals surface area (Å²) in [4.78, 5) is 2.51. The summed E-state index contributed by atoms with van der Waals surface area (Å²) in [6, 6.07) is 0.661. The minimum atomic E-state index is -0.108. The molecule has 0 aromatic heterocycles. The molecule has 100 valence electrons. The van der Waals surface area contributed by atoms with E-state index >= 15 is 0 Å².